The molecule has 0 aromatic carbocycles. The second-order valence-electron chi connectivity index (χ2n) is 5.81. The maximum absolute atomic E-state index is 11.9. The third-order valence-electron chi connectivity index (χ3n) is 3.57. The summed E-state index contributed by atoms with van der Waals surface area (Å²) >= 11 is 0. The molecule has 3 N–H and O–H groups in total. The SMILES string of the molecule is C=CCC(N)C(=O)NCC(CC(C)C)N1CCOCC1. The number of rotatable bonds is 8. The molecule has 0 aromatic heterocycles. The summed E-state index contributed by atoms with van der Waals surface area (Å²) in [5.74, 6) is 0.508. The summed E-state index contributed by atoms with van der Waals surface area (Å²) in [5, 5.41) is 2.98. The Labute approximate surface area is 122 Å². The number of carbonyl (C=O) groups is 1. The van der Waals surface area contributed by atoms with Crippen molar-refractivity contribution in [3.05, 3.63) is 12.7 Å². The first kappa shape index (κ1) is 17.1. The largest absolute Gasteiger partial charge is 0.379 e. The zero-order valence-electron chi connectivity index (χ0n) is 12.8. The lowest BCUT2D eigenvalue weighted by Crippen LogP contribution is -2.51. The van der Waals surface area contributed by atoms with Crippen LogP contribution in [0.2, 0.25) is 0 Å². The number of hydrogen-bond acceptors (Lipinski definition) is 4. The van der Waals surface area contributed by atoms with E-state index in [-0.39, 0.29) is 5.91 Å². The van der Waals surface area contributed by atoms with Crippen LogP contribution < -0.4 is 11.1 Å². The normalized spacial score (nSPS) is 19.6. The number of morpholine rings is 1. The maximum atomic E-state index is 11.9. The molecule has 0 saturated carbocycles. The summed E-state index contributed by atoms with van der Waals surface area (Å²) in [5.41, 5.74) is 5.78. The smallest absolute Gasteiger partial charge is 0.237 e. The van der Waals surface area contributed by atoms with Gasteiger partial charge in [-0.3, -0.25) is 9.69 Å². The highest BCUT2D eigenvalue weighted by Gasteiger charge is 2.23. The Kier molecular flexibility index (Phi) is 7.80. The van der Waals surface area contributed by atoms with Gasteiger partial charge in [0.05, 0.1) is 19.3 Å². The summed E-state index contributed by atoms with van der Waals surface area (Å²) in [6, 6.07) is -0.129. The molecule has 1 saturated heterocycles. The van der Waals surface area contributed by atoms with Crippen LogP contribution in [0.3, 0.4) is 0 Å². The molecule has 0 radical (unpaired) electrons. The van der Waals surface area contributed by atoms with Gasteiger partial charge in [-0.15, -0.1) is 6.58 Å². The van der Waals surface area contributed by atoms with E-state index in [1.54, 1.807) is 6.08 Å². The van der Waals surface area contributed by atoms with Crippen LogP contribution in [0.1, 0.15) is 26.7 Å². The molecule has 1 rings (SSSR count). The van der Waals surface area contributed by atoms with Crippen molar-refractivity contribution in [3.63, 3.8) is 0 Å². The van der Waals surface area contributed by atoms with Crippen LogP contribution >= 0.6 is 0 Å². The van der Waals surface area contributed by atoms with E-state index in [2.05, 4.69) is 30.6 Å². The van der Waals surface area contributed by atoms with E-state index in [0.29, 0.717) is 24.9 Å². The maximum Gasteiger partial charge on any atom is 0.237 e. The average Bonchev–Trinajstić information content (AvgIpc) is 2.44. The lowest BCUT2D eigenvalue weighted by atomic mass is 10.0. The number of amides is 1. The molecule has 1 aliphatic heterocycles. The molecule has 1 fully saturated rings. The fourth-order valence-corrected chi connectivity index (χ4v) is 2.48. The van der Waals surface area contributed by atoms with Crippen LogP contribution in [-0.2, 0) is 9.53 Å². The standard InChI is InChI=1S/C15H29N3O2/c1-4-5-14(16)15(19)17-11-13(10-12(2)3)18-6-8-20-9-7-18/h4,12-14H,1,5-11,16H2,2-3H3,(H,17,19). The van der Waals surface area contributed by atoms with Crippen LogP contribution in [0.4, 0.5) is 0 Å². The minimum absolute atomic E-state index is 0.0908. The molecule has 0 bridgehead atoms. The van der Waals surface area contributed by atoms with Crippen LogP contribution in [0.5, 0.6) is 0 Å². The Bertz CT molecular complexity index is 301. The molecule has 5 nitrogen and oxygen atoms in total. The first-order valence-corrected chi connectivity index (χ1v) is 7.50. The Morgan fingerprint density at radius 2 is 2.10 bits per heavy atom. The third kappa shape index (κ3) is 6.03. The van der Waals surface area contributed by atoms with Crippen molar-refractivity contribution in [2.45, 2.75) is 38.8 Å². The summed E-state index contributed by atoms with van der Waals surface area (Å²) in [6.07, 6.45) is 3.26. The van der Waals surface area contributed by atoms with Gasteiger partial charge in [0.15, 0.2) is 0 Å². The highest BCUT2D eigenvalue weighted by atomic mass is 16.5. The highest BCUT2D eigenvalue weighted by molar-refractivity contribution is 5.81. The summed E-state index contributed by atoms with van der Waals surface area (Å²) < 4.78 is 5.39. The lowest BCUT2D eigenvalue weighted by molar-refractivity contribution is -0.122. The zero-order chi connectivity index (χ0) is 15.0. The fourth-order valence-electron chi connectivity index (χ4n) is 2.48. The van der Waals surface area contributed by atoms with Gasteiger partial charge in [0.1, 0.15) is 0 Å². The van der Waals surface area contributed by atoms with Gasteiger partial charge in [-0.05, 0) is 18.8 Å². The van der Waals surface area contributed by atoms with E-state index in [1.807, 2.05) is 0 Å². The van der Waals surface area contributed by atoms with Crippen molar-refractivity contribution >= 4 is 5.91 Å². The van der Waals surface area contributed by atoms with Gasteiger partial charge in [-0.1, -0.05) is 19.9 Å². The predicted molar refractivity (Wildman–Crippen MR) is 81.4 cm³/mol. The van der Waals surface area contributed by atoms with E-state index in [4.69, 9.17) is 10.5 Å². The molecule has 1 heterocycles. The number of nitrogens with one attached hydrogen (secondary N) is 1. The summed E-state index contributed by atoms with van der Waals surface area (Å²) in [4.78, 5) is 14.3. The minimum atomic E-state index is -0.489. The van der Waals surface area contributed by atoms with Crippen molar-refractivity contribution in [1.29, 1.82) is 0 Å². The van der Waals surface area contributed by atoms with Crippen LogP contribution in [0.15, 0.2) is 12.7 Å². The van der Waals surface area contributed by atoms with Gasteiger partial charge in [-0.25, -0.2) is 0 Å². The fraction of sp³-hybridized carbons (Fsp3) is 0.800. The molecule has 1 aliphatic rings. The third-order valence-corrected chi connectivity index (χ3v) is 3.57. The van der Waals surface area contributed by atoms with Crippen molar-refractivity contribution < 1.29 is 9.53 Å². The van der Waals surface area contributed by atoms with Gasteiger partial charge < -0.3 is 15.8 Å². The molecular weight excluding hydrogens is 254 g/mol. The predicted octanol–water partition coefficient (Wildman–Crippen LogP) is 0.753. The quantitative estimate of drug-likeness (QED) is 0.645. The topological polar surface area (TPSA) is 67.6 Å². The van der Waals surface area contributed by atoms with Gasteiger partial charge >= 0.3 is 0 Å². The molecule has 5 heteroatoms. The number of nitrogens with two attached hydrogens (primary N) is 1. The number of nitrogens with zero attached hydrogens (tertiary/aromatic N) is 1. The first-order valence-electron chi connectivity index (χ1n) is 7.50. The molecule has 1 amide bonds. The van der Waals surface area contributed by atoms with Crippen LogP contribution in [0, 0.1) is 5.92 Å². The van der Waals surface area contributed by atoms with Crippen molar-refractivity contribution in [2.24, 2.45) is 11.7 Å². The number of hydrogen-bond donors (Lipinski definition) is 2. The van der Waals surface area contributed by atoms with E-state index >= 15 is 0 Å². The lowest BCUT2D eigenvalue weighted by Gasteiger charge is -2.35. The van der Waals surface area contributed by atoms with Crippen molar-refractivity contribution in [1.82, 2.24) is 10.2 Å². The molecule has 0 spiro atoms. The Hall–Kier alpha value is -0.910. The second kappa shape index (κ2) is 9.10. The molecule has 2 atom stereocenters. The molecule has 20 heavy (non-hydrogen) atoms. The second-order valence-corrected chi connectivity index (χ2v) is 5.81. The van der Waals surface area contributed by atoms with Gasteiger partial charge in [0, 0.05) is 25.7 Å². The van der Waals surface area contributed by atoms with E-state index < -0.39 is 6.04 Å². The van der Waals surface area contributed by atoms with E-state index in [9.17, 15) is 4.79 Å². The van der Waals surface area contributed by atoms with Crippen molar-refractivity contribution in [2.75, 3.05) is 32.8 Å². The van der Waals surface area contributed by atoms with Gasteiger partial charge in [0.25, 0.3) is 0 Å². The molecule has 2 unspecified atom stereocenters. The number of carbonyl (C=O) groups excluding carboxylic acids is 1. The number of ether oxygens (including phenoxy) is 1. The van der Waals surface area contributed by atoms with Gasteiger partial charge in [0.2, 0.25) is 5.91 Å². The molecule has 116 valence electrons. The average molecular weight is 283 g/mol. The summed E-state index contributed by atoms with van der Waals surface area (Å²) in [6.45, 7) is 12.1. The van der Waals surface area contributed by atoms with E-state index in [1.165, 1.54) is 0 Å². The van der Waals surface area contributed by atoms with Crippen LogP contribution in [0.25, 0.3) is 0 Å². The Balaban J connectivity index is 2.47. The Morgan fingerprint density at radius 3 is 2.65 bits per heavy atom. The Morgan fingerprint density at radius 1 is 1.45 bits per heavy atom. The minimum Gasteiger partial charge on any atom is -0.379 e. The first-order chi connectivity index (χ1) is 9.54. The molecular formula is C15H29N3O2. The monoisotopic (exact) mass is 283 g/mol. The zero-order valence-corrected chi connectivity index (χ0v) is 12.8. The highest BCUT2D eigenvalue weighted by Crippen LogP contribution is 2.13. The molecule has 0 aromatic rings. The summed E-state index contributed by atoms with van der Waals surface area (Å²) in [7, 11) is 0. The van der Waals surface area contributed by atoms with E-state index in [0.717, 1.165) is 32.7 Å². The van der Waals surface area contributed by atoms with Crippen molar-refractivity contribution in [3.8, 4) is 0 Å². The molecule has 0 aliphatic carbocycles. The van der Waals surface area contributed by atoms with Crippen LogP contribution in [-0.4, -0.2) is 55.7 Å². The van der Waals surface area contributed by atoms with Gasteiger partial charge in [-0.2, -0.15) is 0 Å².